The third kappa shape index (κ3) is 4.06. The summed E-state index contributed by atoms with van der Waals surface area (Å²) < 4.78 is 42.7. The van der Waals surface area contributed by atoms with E-state index in [9.17, 15) is 22.8 Å². The van der Waals surface area contributed by atoms with Crippen LogP contribution in [0.3, 0.4) is 0 Å². The van der Waals surface area contributed by atoms with Gasteiger partial charge < -0.3 is 14.8 Å². The summed E-state index contributed by atoms with van der Waals surface area (Å²) >= 11 is 0. The summed E-state index contributed by atoms with van der Waals surface area (Å²) in [5.74, 6) is -3.67. The summed E-state index contributed by atoms with van der Waals surface area (Å²) in [6, 6.07) is 7.67. The third-order valence-electron chi connectivity index (χ3n) is 5.93. The fraction of sp³-hybridized carbons (Fsp3) is 0.348. The minimum atomic E-state index is -2.72. The predicted octanol–water partition coefficient (Wildman–Crippen LogP) is 4.38. The molecule has 2 fully saturated rings. The highest BCUT2D eigenvalue weighted by molar-refractivity contribution is 5.97. The van der Waals surface area contributed by atoms with Gasteiger partial charge in [0.15, 0.2) is 0 Å². The molecule has 0 atom stereocenters. The maximum atomic E-state index is 14.2. The van der Waals surface area contributed by atoms with E-state index in [0.29, 0.717) is 28.0 Å². The number of hydrogen-bond donors (Lipinski definition) is 1. The van der Waals surface area contributed by atoms with Crippen molar-refractivity contribution in [1.82, 2.24) is 14.5 Å². The highest BCUT2D eigenvalue weighted by atomic mass is 19.3. The molecule has 1 saturated carbocycles. The first-order chi connectivity index (χ1) is 15.3. The number of aromatic nitrogens is 2. The number of likely N-dealkylation sites (tertiary alicyclic amines) is 1. The van der Waals surface area contributed by atoms with Crippen molar-refractivity contribution in [3.63, 3.8) is 0 Å². The highest BCUT2D eigenvalue weighted by Crippen LogP contribution is 2.31. The van der Waals surface area contributed by atoms with Crippen LogP contribution in [0.2, 0.25) is 0 Å². The largest absolute Gasteiger partial charge is 0.338 e. The molecule has 0 bridgehead atoms. The molecule has 2 aliphatic rings. The van der Waals surface area contributed by atoms with E-state index in [1.54, 1.807) is 29.0 Å². The maximum absolute atomic E-state index is 14.2. The van der Waals surface area contributed by atoms with Crippen molar-refractivity contribution in [2.24, 2.45) is 5.92 Å². The number of pyridine rings is 1. The molecule has 1 aliphatic heterocycles. The maximum Gasteiger partial charge on any atom is 0.255 e. The van der Waals surface area contributed by atoms with Gasteiger partial charge in [-0.3, -0.25) is 9.59 Å². The smallest absolute Gasteiger partial charge is 0.255 e. The first-order valence-electron chi connectivity index (χ1n) is 10.6. The number of fused-ring (bicyclic) bond motifs is 1. The molecule has 2 amide bonds. The fourth-order valence-corrected chi connectivity index (χ4v) is 3.94. The highest BCUT2D eigenvalue weighted by Gasteiger charge is 2.36. The lowest BCUT2D eigenvalue weighted by Gasteiger charge is -2.31. The molecule has 1 N–H and O–H groups in total. The van der Waals surface area contributed by atoms with Gasteiger partial charge in [-0.2, -0.15) is 0 Å². The van der Waals surface area contributed by atoms with Crippen molar-refractivity contribution >= 4 is 28.5 Å². The lowest BCUT2D eigenvalue weighted by molar-refractivity contribution is -0.117. The Labute approximate surface area is 182 Å². The Morgan fingerprint density at radius 2 is 1.84 bits per heavy atom. The predicted molar refractivity (Wildman–Crippen MR) is 112 cm³/mol. The van der Waals surface area contributed by atoms with Crippen LogP contribution in [0.4, 0.5) is 18.9 Å². The number of carbonyl (C=O) groups is 2. The standard InChI is InChI=1S/C23H21F3N4O2/c24-17-10-18(28-21(31)14-1-2-14)12-19(11-17)30-6-3-15-9-16(13-27-20(15)30)22(32)29-7-4-23(25,26)5-8-29/h3,6,9-14H,1-2,4-5,7-8H2,(H,28,31). The zero-order valence-corrected chi connectivity index (χ0v) is 17.2. The number of piperidine rings is 1. The second-order valence-electron chi connectivity index (χ2n) is 8.43. The Balaban J connectivity index is 1.40. The Bertz CT molecular complexity index is 1210. The minimum absolute atomic E-state index is 0.00196. The second-order valence-corrected chi connectivity index (χ2v) is 8.43. The van der Waals surface area contributed by atoms with Crippen molar-refractivity contribution in [1.29, 1.82) is 0 Å². The zero-order chi connectivity index (χ0) is 22.5. The normalized spacial score (nSPS) is 18.0. The average Bonchev–Trinajstić information content (AvgIpc) is 3.52. The molecule has 0 spiro atoms. The summed E-state index contributed by atoms with van der Waals surface area (Å²) in [6.07, 6.45) is 4.12. The number of alkyl halides is 2. The van der Waals surface area contributed by atoms with Gasteiger partial charge in [-0.05, 0) is 43.2 Å². The van der Waals surface area contributed by atoms with E-state index < -0.39 is 11.7 Å². The lowest BCUT2D eigenvalue weighted by atomic mass is 10.1. The van der Waals surface area contributed by atoms with Gasteiger partial charge in [0.1, 0.15) is 11.5 Å². The van der Waals surface area contributed by atoms with E-state index in [4.69, 9.17) is 0 Å². The molecule has 5 rings (SSSR count). The number of nitrogens with zero attached hydrogens (tertiary/aromatic N) is 3. The third-order valence-corrected chi connectivity index (χ3v) is 5.93. The van der Waals surface area contributed by atoms with Crippen LogP contribution in [0, 0.1) is 11.7 Å². The van der Waals surface area contributed by atoms with Gasteiger partial charge >= 0.3 is 0 Å². The van der Waals surface area contributed by atoms with E-state index in [1.807, 2.05) is 0 Å². The Hall–Kier alpha value is -3.36. The molecule has 6 nitrogen and oxygen atoms in total. The molecular weight excluding hydrogens is 421 g/mol. The number of nitrogens with one attached hydrogen (secondary N) is 1. The zero-order valence-electron chi connectivity index (χ0n) is 17.2. The summed E-state index contributed by atoms with van der Waals surface area (Å²) in [5.41, 5.74) is 1.68. The molecule has 9 heteroatoms. The number of halogens is 3. The SMILES string of the molecule is O=C(Nc1cc(F)cc(-n2ccc3cc(C(=O)N4CCC(F)(F)CC4)cnc32)c1)C1CC1. The van der Waals surface area contributed by atoms with Crippen LogP contribution in [-0.2, 0) is 4.79 Å². The van der Waals surface area contributed by atoms with E-state index in [0.717, 1.165) is 12.8 Å². The summed E-state index contributed by atoms with van der Waals surface area (Å²) in [6.45, 7) is 0.00700. The van der Waals surface area contributed by atoms with Crippen LogP contribution in [0.15, 0.2) is 42.7 Å². The molecule has 166 valence electrons. The first-order valence-corrected chi connectivity index (χ1v) is 10.6. The van der Waals surface area contributed by atoms with Gasteiger partial charge in [-0.15, -0.1) is 0 Å². The Morgan fingerprint density at radius 3 is 2.56 bits per heavy atom. The second kappa shape index (κ2) is 7.65. The monoisotopic (exact) mass is 442 g/mol. The molecule has 1 aliphatic carbocycles. The van der Waals surface area contributed by atoms with Crippen LogP contribution < -0.4 is 5.32 Å². The van der Waals surface area contributed by atoms with Crippen molar-refractivity contribution in [3.8, 4) is 5.69 Å². The van der Waals surface area contributed by atoms with E-state index >= 15 is 0 Å². The Kier molecular flexibility index (Phi) is 4.91. The summed E-state index contributed by atoms with van der Waals surface area (Å²) in [7, 11) is 0. The number of carbonyl (C=O) groups excluding carboxylic acids is 2. The molecule has 0 radical (unpaired) electrons. The van der Waals surface area contributed by atoms with Crippen molar-refractivity contribution in [3.05, 3.63) is 54.1 Å². The molecule has 1 saturated heterocycles. The minimum Gasteiger partial charge on any atom is -0.338 e. The number of hydrogen-bond acceptors (Lipinski definition) is 3. The molecule has 32 heavy (non-hydrogen) atoms. The Morgan fingerprint density at radius 1 is 1.09 bits per heavy atom. The molecule has 1 aromatic carbocycles. The van der Waals surface area contributed by atoms with Crippen molar-refractivity contribution < 1.29 is 22.8 Å². The quantitative estimate of drug-likeness (QED) is 0.652. The molecule has 3 heterocycles. The molecule has 0 unspecified atom stereocenters. The first kappa shape index (κ1) is 20.5. The number of rotatable bonds is 4. The molecule has 2 aromatic heterocycles. The van der Waals surface area contributed by atoms with Crippen LogP contribution >= 0.6 is 0 Å². The van der Waals surface area contributed by atoms with Gasteiger partial charge in [0, 0.05) is 55.3 Å². The fourth-order valence-electron chi connectivity index (χ4n) is 3.94. The van der Waals surface area contributed by atoms with Crippen LogP contribution in [0.1, 0.15) is 36.0 Å². The van der Waals surface area contributed by atoms with Gasteiger partial charge in [0.25, 0.3) is 11.8 Å². The van der Waals surface area contributed by atoms with E-state index in [1.165, 1.54) is 23.2 Å². The van der Waals surface area contributed by atoms with Gasteiger partial charge in [0.05, 0.1) is 11.3 Å². The van der Waals surface area contributed by atoms with Gasteiger partial charge in [0.2, 0.25) is 5.91 Å². The molecular formula is C23H21F3N4O2. The van der Waals surface area contributed by atoms with Crippen LogP contribution in [-0.4, -0.2) is 45.3 Å². The summed E-state index contributed by atoms with van der Waals surface area (Å²) in [5, 5.41) is 3.40. The van der Waals surface area contributed by atoms with Crippen LogP contribution in [0.25, 0.3) is 16.7 Å². The summed E-state index contributed by atoms with van der Waals surface area (Å²) in [4.78, 5) is 30.6. The van der Waals surface area contributed by atoms with Crippen LogP contribution in [0.5, 0.6) is 0 Å². The lowest BCUT2D eigenvalue weighted by Crippen LogP contribution is -2.42. The van der Waals surface area contributed by atoms with Gasteiger partial charge in [-0.1, -0.05) is 0 Å². The van der Waals surface area contributed by atoms with Crippen molar-refractivity contribution in [2.45, 2.75) is 31.6 Å². The number of anilines is 1. The van der Waals surface area contributed by atoms with E-state index in [2.05, 4.69) is 10.3 Å². The topological polar surface area (TPSA) is 67.2 Å². The molecule has 3 aromatic rings. The number of benzene rings is 1. The average molecular weight is 442 g/mol. The van der Waals surface area contributed by atoms with Crippen molar-refractivity contribution in [2.75, 3.05) is 18.4 Å². The van der Waals surface area contributed by atoms with Gasteiger partial charge in [-0.25, -0.2) is 18.2 Å². The van der Waals surface area contributed by atoms with E-state index in [-0.39, 0.29) is 43.7 Å². The number of amides is 2.